The van der Waals surface area contributed by atoms with E-state index < -0.39 is 17.7 Å². The van der Waals surface area contributed by atoms with Crippen molar-refractivity contribution >= 4 is 23.0 Å². The molecule has 3 aromatic rings. The molecule has 1 N–H and O–H groups in total. The largest absolute Gasteiger partial charge is 0.457 e. The Labute approximate surface area is 189 Å². The summed E-state index contributed by atoms with van der Waals surface area (Å²) in [4.78, 5) is 43.9. The molecule has 168 valence electrons. The third-order valence-electron chi connectivity index (χ3n) is 7.08. The van der Waals surface area contributed by atoms with Gasteiger partial charge < -0.3 is 19.4 Å². The molecule has 1 saturated carbocycles. The Bertz CT molecular complexity index is 1390. The highest BCUT2D eigenvalue weighted by atomic mass is 16.6. The van der Waals surface area contributed by atoms with Crippen molar-refractivity contribution in [2.45, 2.75) is 57.4 Å². The van der Waals surface area contributed by atoms with Crippen LogP contribution in [0.1, 0.15) is 49.3 Å². The molecule has 3 aliphatic rings. The summed E-state index contributed by atoms with van der Waals surface area (Å²) in [6, 6.07) is 11.7. The number of carbonyl (C=O) groups excluding carboxylic acids is 2. The van der Waals surface area contributed by atoms with Crippen LogP contribution in [0.2, 0.25) is 0 Å². The van der Waals surface area contributed by atoms with Gasteiger partial charge in [-0.05, 0) is 43.9 Å². The average molecular weight is 445 g/mol. The van der Waals surface area contributed by atoms with Crippen molar-refractivity contribution in [1.29, 1.82) is 0 Å². The molecule has 33 heavy (non-hydrogen) atoms. The van der Waals surface area contributed by atoms with E-state index in [0.717, 1.165) is 35.7 Å². The molecule has 0 saturated heterocycles. The third kappa shape index (κ3) is 2.90. The second-order valence-corrected chi connectivity index (χ2v) is 8.92. The van der Waals surface area contributed by atoms with Gasteiger partial charge in [-0.2, -0.15) is 0 Å². The molecular weight excluding hydrogens is 422 g/mol. The molecule has 4 heterocycles. The van der Waals surface area contributed by atoms with Crippen molar-refractivity contribution in [2.24, 2.45) is 0 Å². The van der Waals surface area contributed by atoms with E-state index in [4.69, 9.17) is 14.5 Å². The monoisotopic (exact) mass is 445 g/mol. The number of hydrogen-bond donors (Lipinski definition) is 1. The maximum atomic E-state index is 13.5. The highest BCUT2D eigenvalue weighted by Crippen LogP contribution is 2.41. The number of rotatable bonds is 3. The number of ether oxygens (including phenoxy) is 2. The summed E-state index contributed by atoms with van der Waals surface area (Å²) in [6.45, 7) is 2.00. The number of nitrogens with one attached hydrogen (secondary N) is 1. The van der Waals surface area contributed by atoms with E-state index in [2.05, 4.69) is 5.32 Å². The van der Waals surface area contributed by atoms with Crippen LogP contribution in [0.4, 0.5) is 4.79 Å². The van der Waals surface area contributed by atoms with Gasteiger partial charge in [0.1, 0.15) is 6.61 Å². The number of aromatic nitrogens is 2. The van der Waals surface area contributed by atoms with Crippen LogP contribution >= 0.6 is 0 Å². The summed E-state index contributed by atoms with van der Waals surface area (Å²) in [6.07, 6.45) is 2.31. The van der Waals surface area contributed by atoms with Crippen LogP contribution in [0.5, 0.6) is 0 Å². The Morgan fingerprint density at radius 3 is 2.85 bits per heavy atom. The summed E-state index contributed by atoms with van der Waals surface area (Å²) in [7, 11) is 0. The maximum absolute atomic E-state index is 13.5. The van der Waals surface area contributed by atoms with Gasteiger partial charge in [-0.1, -0.05) is 25.1 Å². The van der Waals surface area contributed by atoms with Gasteiger partial charge in [0.15, 0.2) is 0 Å². The van der Waals surface area contributed by atoms with E-state index >= 15 is 0 Å². The van der Waals surface area contributed by atoms with Crippen molar-refractivity contribution in [3.05, 3.63) is 63.4 Å². The minimum atomic E-state index is -1.67. The second-order valence-electron chi connectivity index (χ2n) is 8.92. The van der Waals surface area contributed by atoms with Crippen LogP contribution < -0.4 is 10.9 Å². The van der Waals surface area contributed by atoms with Crippen LogP contribution in [0.3, 0.4) is 0 Å². The number of alkyl carbamates (subject to hydrolysis) is 1. The Hall–Kier alpha value is -3.68. The third-order valence-corrected chi connectivity index (χ3v) is 7.08. The molecule has 8 heteroatoms. The fourth-order valence-corrected chi connectivity index (χ4v) is 4.99. The van der Waals surface area contributed by atoms with Crippen molar-refractivity contribution in [1.82, 2.24) is 14.9 Å². The van der Waals surface area contributed by atoms with Crippen LogP contribution in [0, 0.1) is 0 Å². The predicted molar refractivity (Wildman–Crippen MR) is 120 cm³/mol. The molecule has 1 aromatic carbocycles. The molecular formula is C25H23N3O5. The van der Waals surface area contributed by atoms with E-state index in [0.29, 0.717) is 29.1 Å². The van der Waals surface area contributed by atoms with Crippen molar-refractivity contribution in [2.75, 3.05) is 0 Å². The molecule has 0 unspecified atom stereocenters. The van der Waals surface area contributed by atoms with Gasteiger partial charge in [-0.3, -0.25) is 4.79 Å². The van der Waals surface area contributed by atoms with E-state index in [-0.39, 0.29) is 24.6 Å². The minimum Gasteiger partial charge on any atom is -0.457 e. The number of nitrogens with zero attached hydrogens (tertiary/aromatic N) is 2. The van der Waals surface area contributed by atoms with Crippen LogP contribution in [-0.4, -0.2) is 27.7 Å². The molecule has 6 rings (SSSR count). The standard InChI is InChI=1S/C25H23N3O5/c1-2-25(33-24(31)26-16-7-5-8-16)18-11-20-21-15(10-14-6-3-4-9-19(14)27-21)12-28(20)22(29)17(18)13-32-23(25)30/h3-4,6,9-11,16H,2,5,7-8,12-13H2,1H3,(H,26,31)/t25-/m0/s1. The van der Waals surface area contributed by atoms with Crippen LogP contribution in [0.25, 0.3) is 22.3 Å². The summed E-state index contributed by atoms with van der Waals surface area (Å²) in [5, 5.41) is 3.81. The molecule has 1 amide bonds. The van der Waals surface area contributed by atoms with Gasteiger partial charge in [-0.25, -0.2) is 14.6 Å². The van der Waals surface area contributed by atoms with Crippen molar-refractivity contribution < 1.29 is 19.1 Å². The second kappa shape index (κ2) is 7.16. The predicted octanol–water partition coefficient (Wildman–Crippen LogP) is 3.37. The lowest BCUT2D eigenvalue weighted by atomic mass is 9.85. The fraction of sp³-hybridized carbons (Fsp3) is 0.360. The highest BCUT2D eigenvalue weighted by molar-refractivity contribution is 5.88. The van der Waals surface area contributed by atoms with Gasteiger partial charge in [0.2, 0.25) is 5.60 Å². The Morgan fingerprint density at radius 2 is 2.09 bits per heavy atom. The Kier molecular flexibility index (Phi) is 4.33. The number of para-hydroxylation sites is 1. The lowest BCUT2D eigenvalue weighted by Gasteiger charge is -2.36. The molecule has 2 aromatic heterocycles. The quantitative estimate of drug-likeness (QED) is 0.486. The summed E-state index contributed by atoms with van der Waals surface area (Å²) < 4.78 is 12.8. The first-order valence-electron chi connectivity index (χ1n) is 11.3. The Balaban J connectivity index is 1.49. The van der Waals surface area contributed by atoms with Crippen molar-refractivity contribution in [3.63, 3.8) is 0 Å². The number of carbonyl (C=O) groups is 2. The summed E-state index contributed by atoms with van der Waals surface area (Å²) in [5.41, 5.74) is 1.90. The zero-order valence-electron chi connectivity index (χ0n) is 18.2. The highest BCUT2D eigenvalue weighted by Gasteiger charge is 2.50. The van der Waals surface area contributed by atoms with Gasteiger partial charge in [0, 0.05) is 22.6 Å². The van der Waals surface area contributed by atoms with Gasteiger partial charge in [0.25, 0.3) is 5.56 Å². The summed E-state index contributed by atoms with van der Waals surface area (Å²) in [5.74, 6) is -0.657. The Morgan fingerprint density at radius 1 is 1.27 bits per heavy atom. The number of hydrogen-bond acceptors (Lipinski definition) is 6. The molecule has 2 aliphatic heterocycles. The van der Waals surface area contributed by atoms with E-state index in [1.165, 1.54) is 0 Å². The van der Waals surface area contributed by atoms with Crippen LogP contribution in [0.15, 0.2) is 41.2 Å². The van der Waals surface area contributed by atoms with Crippen LogP contribution in [-0.2, 0) is 33.0 Å². The number of pyridine rings is 2. The smallest absolute Gasteiger partial charge is 0.408 e. The average Bonchev–Trinajstić information content (AvgIpc) is 3.15. The first kappa shape index (κ1) is 20.0. The molecule has 1 atom stereocenters. The fourth-order valence-electron chi connectivity index (χ4n) is 4.99. The molecule has 0 bridgehead atoms. The first-order chi connectivity index (χ1) is 16.0. The number of amides is 1. The van der Waals surface area contributed by atoms with E-state index in [1.807, 2.05) is 30.3 Å². The van der Waals surface area contributed by atoms with Gasteiger partial charge >= 0.3 is 12.1 Å². The van der Waals surface area contributed by atoms with Crippen molar-refractivity contribution in [3.8, 4) is 11.4 Å². The first-order valence-corrected chi connectivity index (χ1v) is 11.3. The lowest BCUT2D eigenvalue weighted by Crippen LogP contribution is -2.50. The van der Waals surface area contributed by atoms with Gasteiger partial charge in [0.05, 0.1) is 29.0 Å². The number of fused-ring (bicyclic) bond motifs is 5. The normalized spacial score (nSPS) is 20.9. The van der Waals surface area contributed by atoms with E-state index in [9.17, 15) is 14.4 Å². The van der Waals surface area contributed by atoms with Gasteiger partial charge in [-0.15, -0.1) is 0 Å². The molecule has 8 nitrogen and oxygen atoms in total. The maximum Gasteiger partial charge on any atom is 0.408 e. The number of cyclic esters (lactones) is 1. The lowest BCUT2D eigenvalue weighted by molar-refractivity contribution is -0.172. The zero-order chi connectivity index (χ0) is 22.7. The molecule has 0 radical (unpaired) electrons. The topological polar surface area (TPSA) is 99.5 Å². The minimum absolute atomic E-state index is 0.0560. The zero-order valence-corrected chi connectivity index (χ0v) is 18.2. The SMILES string of the molecule is CC[C@@]1(OC(=O)NC2CCC2)C(=O)OCc2c1cc1n(c2=O)Cc2cc3ccccc3nc2-1. The van der Waals surface area contributed by atoms with E-state index in [1.54, 1.807) is 17.6 Å². The molecule has 0 spiro atoms. The number of benzene rings is 1. The number of esters is 1. The summed E-state index contributed by atoms with van der Waals surface area (Å²) >= 11 is 0. The molecule has 1 aliphatic carbocycles. The molecule has 1 fully saturated rings.